The Balaban J connectivity index is 2.08. The molecule has 9 heteroatoms. The number of rotatable bonds is 3. The average Bonchev–Trinajstić information content (AvgIpc) is 2.62. The van der Waals surface area contributed by atoms with Crippen molar-refractivity contribution in [2.24, 2.45) is 0 Å². The minimum Gasteiger partial charge on any atom is -0.504 e. The number of phenols is 1. The molecular weight excluding hydrogens is 470 g/mol. The first-order valence-corrected chi connectivity index (χ1v) is 8.64. The number of phenolic OH excluding ortho intramolecular Hbond substituents is 1. The van der Waals surface area contributed by atoms with Crippen LogP contribution in [0.25, 0.3) is 6.08 Å². The molecule has 0 aromatic heterocycles. The van der Waals surface area contributed by atoms with Crippen molar-refractivity contribution in [3.63, 3.8) is 0 Å². The van der Waals surface area contributed by atoms with Crippen LogP contribution in [0.3, 0.4) is 0 Å². The van der Waals surface area contributed by atoms with Crippen molar-refractivity contribution in [3.8, 4) is 11.5 Å². The number of nitrogens with one attached hydrogen (secondary N) is 1. The first-order chi connectivity index (χ1) is 12.8. The fourth-order valence-electron chi connectivity index (χ4n) is 2.51. The molecular formula is C18H12FIN2O5. The molecule has 0 spiro atoms. The van der Waals surface area contributed by atoms with Gasteiger partial charge >= 0.3 is 6.03 Å². The summed E-state index contributed by atoms with van der Waals surface area (Å²) in [6, 6.07) is 7.15. The summed E-state index contributed by atoms with van der Waals surface area (Å²) in [6.45, 7) is 0. The molecule has 0 bridgehead atoms. The first-order valence-electron chi connectivity index (χ1n) is 7.56. The van der Waals surface area contributed by atoms with Gasteiger partial charge < -0.3 is 9.84 Å². The average molecular weight is 482 g/mol. The summed E-state index contributed by atoms with van der Waals surface area (Å²) < 4.78 is 19.5. The van der Waals surface area contributed by atoms with Gasteiger partial charge in [-0.2, -0.15) is 0 Å². The zero-order chi connectivity index (χ0) is 19.7. The minimum absolute atomic E-state index is 0.0807. The summed E-state index contributed by atoms with van der Waals surface area (Å²) in [5.74, 6) is -2.58. The zero-order valence-electron chi connectivity index (χ0n) is 13.8. The van der Waals surface area contributed by atoms with Gasteiger partial charge in [0.1, 0.15) is 11.4 Å². The summed E-state index contributed by atoms with van der Waals surface area (Å²) >= 11 is 1.87. The number of urea groups is 1. The van der Waals surface area contributed by atoms with Crippen molar-refractivity contribution in [2.45, 2.75) is 0 Å². The van der Waals surface area contributed by atoms with Gasteiger partial charge in [-0.25, -0.2) is 14.1 Å². The van der Waals surface area contributed by atoms with Gasteiger partial charge in [-0.3, -0.25) is 14.9 Å². The molecule has 0 unspecified atom stereocenters. The third-order valence-corrected chi connectivity index (χ3v) is 4.60. The number of barbiturate groups is 1. The lowest BCUT2D eigenvalue weighted by Gasteiger charge is -2.26. The SMILES string of the molecule is COc1cc(/C=C2\C(=O)NC(=O)N(c3ccccc3F)C2=O)cc(I)c1O. The maximum Gasteiger partial charge on any atom is 0.336 e. The van der Waals surface area contributed by atoms with Crippen LogP contribution in [-0.2, 0) is 9.59 Å². The van der Waals surface area contributed by atoms with Gasteiger partial charge in [-0.15, -0.1) is 0 Å². The first kappa shape index (κ1) is 18.8. The lowest BCUT2D eigenvalue weighted by atomic mass is 10.1. The number of methoxy groups -OCH3 is 1. The number of hydrogen-bond acceptors (Lipinski definition) is 5. The highest BCUT2D eigenvalue weighted by atomic mass is 127. The van der Waals surface area contributed by atoms with Gasteiger partial charge in [0, 0.05) is 0 Å². The second-order valence-corrected chi connectivity index (χ2v) is 6.63. The number of carbonyl (C=O) groups excluding carboxylic acids is 3. The molecule has 3 rings (SSSR count). The van der Waals surface area contributed by atoms with Gasteiger partial charge in [0.15, 0.2) is 11.5 Å². The van der Waals surface area contributed by atoms with Gasteiger partial charge in [-0.05, 0) is 58.5 Å². The van der Waals surface area contributed by atoms with Crippen molar-refractivity contribution in [3.05, 3.63) is 56.9 Å². The van der Waals surface area contributed by atoms with E-state index in [-0.39, 0.29) is 22.8 Å². The van der Waals surface area contributed by atoms with E-state index in [1.54, 1.807) is 0 Å². The normalized spacial score (nSPS) is 15.9. The smallest absolute Gasteiger partial charge is 0.336 e. The van der Waals surface area contributed by atoms with Crippen molar-refractivity contribution in [1.82, 2.24) is 5.32 Å². The molecule has 1 heterocycles. The number of amides is 4. The van der Waals surface area contributed by atoms with Crippen LogP contribution in [0.5, 0.6) is 11.5 Å². The molecule has 4 amide bonds. The highest BCUT2D eigenvalue weighted by Gasteiger charge is 2.38. The van der Waals surface area contributed by atoms with Crippen LogP contribution in [0.4, 0.5) is 14.9 Å². The quantitative estimate of drug-likeness (QED) is 0.399. The van der Waals surface area contributed by atoms with E-state index < -0.39 is 23.7 Å². The van der Waals surface area contributed by atoms with E-state index in [9.17, 15) is 23.9 Å². The number of nitrogens with zero attached hydrogens (tertiary/aromatic N) is 1. The zero-order valence-corrected chi connectivity index (χ0v) is 16.0. The van der Waals surface area contributed by atoms with E-state index in [1.165, 1.54) is 43.5 Å². The molecule has 0 saturated carbocycles. The van der Waals surface area contributed by atoms with Gasteiger partial charge in [0.2, 0.25) is 0 Å². The third-order valence-electron chi connectivity index (χ3n) is 3.78. The maximum absolute atomic E-state index is 14.0. The van der Waals surface area contributed by atoms with Gasteiger partial charge in [0.05, 0.1) is 16.4 Å². The molecule has 138 valence electrons. The summed E-state index contributed by atoms with van der Waals surface area (Å²) in [5, 5.41) is 11.9. The fraction of sp³-hybridized carbons (Fsp3) is 0.0556. The largest absolute Gasteiger partial charge is 0.504 e. The summed E-state index contributed by atoms with van der Waals surface area (Å²) in [7, 11) is 1.36. The third kappa shape index (κ3) is 3.50. The number of imide groups is 2. The van der Waals surface area contributed by atoms with E-state index in [0.717, 1.165) is 6.07 Å². The van der Waals surface area contributed by atoms with Gasteiger partial charge in [-0.1, -0.05) is 12.1 Å². The van der Waals surface area contributed by atoms with Crippen LogP contribution in [0.2, 0.25) is 0 Å². The number of benzene rings is 2. The standard InChI is InChI=1S/C18H12FIN2O5/c1-27-14-8-9(7-12(20)15(14)23)6-10-16(24)21-18(26)22(17(10)25)13-5-3-2-4-11(13)19/h2-8,23H,1H3,(H,21,24,26)/b10-6+. The van der Waals surface area contributed by atoms with Crippen LogP contribution < -0.4 is 15.0 Å². The Hall–Kier alpha value is -2.95. The molecule has 2 N–H and O–H groups in total. The Morgan fingerprint density at radius 1 is 1.22 bits per heavy atom. The number of aromatic hydroxyl groups is 1. The topological polar surface area (TPSA) is 95.9 Å². The molecule has 1 fully saturated rings. The Kier molecular flexibility index (Phi) is 5.13. The molecule has 0 aliphatic carbocycles. The molecule has 1 aliphatic rings. The molecule has 2 aromatic carbocycles. The van der Waals surface area contributed by atoms with Crippen molar-refractivity contribution < 1.29 is 28.6 Å². The molecule has 27 heavy (non-hydrogen) atoms. The Morgan fingerprint density at radius 2 is 1.93 bits per heavy atom. The van der Waals surface area contributed by atoms with E-state index in [1.807, 2.05) is 27.9 Å². The molecule has 1 aliphatic heterocycles. The maximum atomic E-state index is 14.0. The number of carbonyl (C=O) groups is 3. The fourth-order valence-corrected chi connectivity index (χ4v) is 3.13. The Morgan fingerprint density at radius 3 is 2.59 bits per heavy atom. The van der Waals surface area contributed by atoms with E-state index >= 15 is 0 Å². The van der Waals surface area contributed by atoms with Crippen LogP contribution in [0, 0.1) is 9.39 Å². The Labute approximate surface area is 166 Å². The highest BCUT2D eigenvalue weighted by molar-refractivity contribution is 14.1. The predicted molar refractivity (Wildman–Crippen MR) is 103 cm³/mol. The number of hydrogen-bond donors (Lipinski definition) is 2. The second kappa shape index (κ2) is 7.35. The lowest BCUT2D eigenvalue weighted by molar-refractivity contribution is -0.122. The van der Waals surface area contributed by atoms with Crippen molar-refractivity contribution in [1.29, 1.82) is 0 Å². The highest BCUT2D eigenvalue weighted by Crippen LogP contribution is 2.33. The molecule has 7 nitrogen and oxygen atoms in total. The summed E-state index contributed by atoms with van der Waals surface area (Å²) in [5.41, 5.74) is -0.243. The van der Waals surface area contributed by atoms with Crippen LogP contribution in [-0.4, -0.2) is 30.1 Å². The number of ether oxygens (including phenoxy) is 1. The lowest BCUT2D eigenvalue weighted by Crippen LogP contribution is -2.54. The summed E-state index contributed by atoms with van der Waals surface area (Å²) in [4.78, 5) is 37.6. The molecule has 1 saturated heterocycles. The molecule has 2 aromatic rings. The monoisotopic (exact) mass is 482 g/mol. The van der Waals surface area contributed by atoms with E-state index in [4.69, 9.17) is 4.74 Å². The van der Waals surface area contributed by atoms with E-state index in [0.29, 0.717) is 14.0 Å². The van der Waals surface area contributed by atoms with Crippen LogP contribution >= 0.6 is 22.6 Å². The van der Waals surface area contributed by atoms with Crippen molar-refractivity contribution >= 4 is 52.2 Å². The number of para-hydroxylation sites is 1. The van der Waals surface area contributed by atoms with Crippen LogP contribution in [0.15, 0.2) is 42.0 Å². The summed E-state index contributed by atoms with van der Waals surface area (Å²) in [6.07, 6.45) is 1.24. The molecule has 0 atom stereocenters. The number of anilines is 1. The van der Waals surface area contributed by atoms with Gasteiger partial charge in [0.25, 0.3) is 11.8 Å². The number of halogens is 2. The van der Waals surface area contributed by atoms with Crippen LogP contribution in [0.1, 0.15) is 5.56 Å². The van der Waals surface area contributed by atoms with E-state index in [2.05, 4.69) is 0 Å². The van der Waals surface area contributed by atoms with Crippen molar-refractivity contribution in [2.75, 3.05) is 12.0 Å². The molecule has 0 radical (unpaired) electrons. The minimum atomic E-state index is -1.04. The Bertz CT molecular complexity index is 1010. The second-order valence-electron chi connectivity index (χ2n) is 5.46. The predicted octanol–water partition coefficient (Wildman–Crippen LogP) is 2.81.